The number of hydrogen-bond acceptors (Lipinski definition) is 2. The lowest BCUT2D eigenvalue weighted by atomic mass is 9.90. The maximum atomic E-state index is 12.9. The molecular weight excluding hydrogens is 358 g/mol. The van der Waals surface area contributed by atoms with Crippen molar-refractivity contribution >= 4 is 35.3 Å². The number of aromatic nitrogens is 2. The molecule has 0 unspecified atom stereocenters. The first-order valence-electron chi connectivity index (χ1n) is 9.42. The summed E-state index contributed by atoms with van der Waals surface area (Å²) < 4.78 is 3.72. The predicted molar refractivity (Wildman–Crippen MR) is 107 cm³/mol. The molecule has 0 spiro atoms. The van der Waals surface area contributed by atoms with Crippen LogP contribution in [0.1, 0.15) is 58.5 Å². The summed E-state index contributed by atoms with van der Waals surface area (Å²) in [4.78, 5) is 17.7. The van der Waals surface area contributed by atoms with Gasteiger partial charge in [-0.05, 0) is 60.6 Å². The number of amides is 1. The summed E-state index contributed by atoms with van der Waals surface area (Å²) in [5.41, 5.74) is 5.23. The van der Waals surface area contributed by atoms with Gasteiger partial charge in [-0.25, -0.2) is 9.78 Å². The number of imidazole rings is 1. The van der Waals surface area contributed by atoms with Crippen molar-refractivity contribution in [3.63, 3.8) is 0 Å². The molecule has 2 aliphatic rings. The van der Waals surface area contributed by atoms with Crippen molar-refractivity contribution < 1.29 is 9.37 Å². The molecule has 1 amide bonds. The average Bonchev–Trinajstić information content (AvgIpc) is 3.33. The highest BCUT2D eigenvalue weighted by Gasteiger charge is 2.37. The fourth-order valence-electron chi connectivity index (χ4n) is 4.41. The second-order valence-corrected chi connectivity index (χ2v) is 8.11. The smallest absolute Gasteiger partial charge is 0.320 e. The summed E-state index contributed by atoms with van der Waals surface area (Å²) in [5, 5.41) is 0.708. The molecule has 136 valence electrons. The van der Waals surface area contributed by atoms with Crippen LogP contribution in [0, 0.1) is 0 Å². The molecule has 0 bridgehead atoms. The molecule has 5 heteroatoms. The zero-order valence-electron chi connectivity index (χ0n) is 15.3. The van der Waals surface area contributed by atoms with E-state index in [-0.39, 0.29) is 11.9 Å². The lowest BCUT2D eigenvalue weighted by Crippen LogP contribution is -2.20. The first-order valence-corrected chi connectivity index (χ1v) is 9.80. The molecule has 3 aromatic rings. The number of benzene rings is 2. The van der Waals surface area contributed by atoms with Gasteiger partial charge in [-0.15, -0.1) is 0 Å². The highest BCUT2D eigenvalue weighted by Crippen LogP contribution is 2.47. The number of fused-ring (bicyclic) bond motifs is 3. The van der Waals surface area contributed by atoms with Gasteiger partial charge in [0.05, 0.1) is 22.6 Å². The zero-order chi connectivity index (χ0) is 18.7. The van der Waals surface area contributed by atoms with Crippen molar-refractivity contribution in [2.45, 2.75) is 37.6 Å². The predicted octanol–water partition coefficient (Wildman–Crippen LogP) is 4.59. The van der Waals surface area contributed by atoms with Gasteiger partial charge in [0.1, 0.15) is 19.6 Å². The van der Waals surface area contributed by atoms with Gasteiger partial charge in [0.2, 0.25) is 0 Å². The minimum Gasteiger partial charge on any atom is -0.320 e. The summed E-state index contributed by atoms with van der Waals surface area (Å²) >= 11 is 6.28. The Morgan fingerprint density at radius 1 is 1.26 bits per heavy atom. The normalized spacial score (nSPS) is 18.7. The van der Waals surface area contributed by atoms with Crippen LogP contribution in [-0.4, -0.2) is 33.8 Å². The third-order valence-corrected chi connectivity index (χ3v) is 5.98. The molecule has 0 N–H and O–H groups in total. The molecule has 1 atom stereocenters. The summed E-state index contributed by atoms with van der Waals surface area (Å²) in [6.07, 6.45) is 4.25. The van der Waals surface area contributed by atoms with E-state index in [1.165, 1.54) is 23.0 Å². The van der Waals surface area contributed by atoms with Gasteiger partial charge in [-0.3, -0.25) is 0 Å². The lowest BCUT2D eigenvalue weighted by molar-refractivity contribution is -0.384. The number of hydrogen-bond donors (Lipinski definition) is 0. The van der Waals surface area contributed by atoms with E-state index >= 15 is 0 Å². The molecule has 5 rings (SSSR count). The Bertz CT molecular complexity index is 1110. The van der Waals surface area contributed by atoms with Gasteiger partial charge in [-0.2, -0.15) is 4.58 Å². The van der Waals surface area contributed by atoms with Crippen molar-refractivity contribution in [3.05, 3.63) is 63.9 Å². The van der Waals surface area contributed by atoms with Crippen LogP contribution in [0.2, 0.25) is 5.02 Å². The van der Waals surface area contributed by atoms with Crippen LogP contribution in [-0.2, 0) is 6.42 Å². The minimum atomic E-state index is -0.0385. The second kappa shape index (κ2) is 6.03. The molecule has 0 radical (unpaired) electrons. The number of aryl methyl sites for hydroxylation is 1. The minimum absolute atomic E-state index is 0.0385. The Hall–Kier alpha value is -2.46. The quantitative estimate of drug-likeness (QED) is 0.494. The van der Waals surface area contributed by atoms with E-state index in [0.717, 1.165) is 40.8 Å². The van der Waals surface area contributed by atoms with Gasteiger partial charge in [0.15, 0.2) is 0 Å². The third kappa shape index (κ3) is 2.62. The van der Waals surface area contributed by atoms with E-state index < -0.39 is 0 Å². The molecule has 1 aliphatic heterocycles. The lowest BCUT2D eigenvalue weighted by Gasteiger charge is -2.21. The number of carbonyl (C=O) groups excluding carboxylic acids is 1. The Balaban J connectivity index is 1.75. The Kier molecular flexibility index (Phi) is 3.73. The molecule has 1 saturated carbocycles. The monoisotopic (exact) mass is 378 g/mol. The van der Waals surface area contributed by atoms with Crippen LogP contribution >= 0.6 is 11.6 Å². The van der Waals surface area contributed by atoms with Crippen molar-refractivity contribution in [3.8, 4) is 0 Å². The highest BCUT2D eigenvalue weighted by molar-refractivity contribution is 6.31. The van der Waals surface area contributed by atoms with Gasteiger partial charge in [-0.1, -0.05) is 23.7 Å². The Morgan fingerprint density at radius 2 is 2.07 bits per heavy atom. The van der Waals surface area contributed by atoms with Gasteiger partial charge in [0, 0.05) is 11.4 Å². The number of rotatable bonds is 3. The molecule has 4 nitrogen and oxygen atoms in total. The molecule has 27 heavy (non-hydrogen) atoms. The van der Waals surface area contributed by atoms with Crippen LogP contribution in [0.15, 0.2) is 36.4 Å². The first kappa shape index (κ1) is 16.7. The topological polar surface area (TPSA) is 37.9 Å². The van der Waals surface area contributed by atoms with Crippen molar-refractivity contribution in [1.82, 2.24) is 9.55 Å². The Labute approximate surface area is 163 Å². The van der Waals surface area contributed by atoms with Gasteiger partial charge < -0.3 is 4.57 Å². The van der Waals surface area contributed by atoms with Crippen molar-refractivity contribution in [2.24, 2.45) is 0 Å². The van der Waals surface area contributed by atoms with E-state index in [1.54, 1.807) is 7.05 Å². The third-order valence-electron chi connectivity index (χ3n) is 5.74. The van der Waals surface area contributed by atoms with Crippen LogP contribution in [0.25, 0.3) is 11.0 Å². The molecular formula is C22H21ClN3O+. The molecule has 2 heterocycles. The van der Waals surface area contributed by atoms with Gasteiger partial charge in [0.25, 0.3) is 0 Å². The summed E-state index contributed by atoms with van der Waals surface area (Å²) in [5.74, 6) is 1.60. The summed E-state index contributed by atoms with van der Waals surface area (Å²) in [6, 6.07) is 12.1. The van der Waals surface area contributed by atoms with Crippen LogP contribution in [0.3, 0.4) is 0 Å². The van der Waals surface area contributed by atoms with E-state index in [9.17, 15) is 4.79 Å². The van der Waals surface area contributed by atoms with E-state index in [4.69, 9.17) is 16.6 Å². The largest absolute Gasteiger partial charge is 0.419 e. The maximum absolute atomic E-state index is 12.9. The van der Waals surface area contributed by atoms with Crippen LogP contribution < -0.4 is 0 Å². The first-order chi connectivity index (χ1) is 13.0. The maximum Gasteiger partial charge on any atom is 0.419 e. The highest BCUT2D eigenvalue weighted by atomic mass is 35.5. The molecule has 1 aromatic heterocycles. The number of halogens is 1. The standard InChI is InChI=1S/C22H21ClN3O/c1-25(2)22(27)16-5-3-4-15(13-6-7-13)21(16)18-10-11-20-24-17-9-8-14(23)12-19(17)26(18)20/h3-5,8-9,12-13,18H,1,6-7,10-11H2,2H3/q+1/t18-/m1/s1. The second-order valence-electron chi connectivity index (χ2n) is 7.67. The summed E-state index contributed by atoms with van der Waals surface area (Å²) in [6.45, 7) is 3.82. The average molecular weight is 379 g/mol. The van der Waals surface area contributed by atoms with Crippen molar-refractivity contribution in [2.75, 3.05) is 7.05 Å². The molecule has 2 aromatic carbocycles. The zero-order valence-corrected chi connectivity index (χ0v) is 16.0. The van der Waals surface area contributed by atoms with E-state index in [0.29, 0.717) is 10.9 Å². The van der Waals surface area contributed by atoms with E-state index in [2.05, 4.69) is 17.4 Å². The Morgan fingerprint density at radius 3 is 2.81 bits per heavy atom. The molecule has 0 saturated heterocycles. The molecule has 1 fully saturated rings. The molecule has 1 aliphatic carbocycles. The fraction of sp³-hybridized carbons (Fsp3) is 0.318. The van der Waals surface area contributed by atoms with Crippen molar-refractivity contribution in [1.29, 1.82) is 0 Å². The number of nitrogens with zero attached hydrogens (tertiary/aromatic N) is 3. The fourth-order valence-corrected chi connectivity index (χ4v) is 4.57. The SMILES string of the molecule is C=[N+](C)C(=O)c1cccc(C2CC2)c1[C@H]1CCc2nc3ccc(Cl)cc3n21. The van der Waals surface area contributed by atoms with Crippen LogP contribution in [0.5, 0.6) is 0 Å². The van der Waals surface area contributed by atoms with Gasteiger partial charge >= 0.3 is 5.91 Å². The van der Waals surface area contributed by atoms with Crippen LogP contribution in [0.4, 0.5) is 0 Å². The number of carbonyl (C=O) groups is 1. The summed E-state index contributed by atoms with van der Waals surface area (Å²) in [7, 11) is 1.71. The van der Waals surface area contributed by atoms with E-state index in [1.807, 2.05) is 30.3 Å².